The van der Waals surface area contributed by atoms with Crippen LogP contribution in [0.5, 0.6) is 5.75 Å². The lowest BCUT2D eigenvalue weighted by Gasteiger charge is -2.21. The van der Waals surface area contributed by atoms with Crippen molar-refractivity contribution in [2.45, 2.75) is 43.3 Å². The molecule has 46 heavy (non-hydrogen) atoms. The third-order valence-corrected chi connectivity index (χ3v) is 11.3. The first kappa shape index (κ1) is 31.2. The van der Waals surface area contributed by atoms with E-state index in [1.807, 2.05) is 38.1 Å². The molecule has 0 N–H and O–H groups in total. The van der Waals surface area contributed by atoms with Crippen molar-refractivity contribution in [1.29, 1.82) is 0 Å². The molecule has 0 atom stereocenters. The van der Waals surface area contributed by atoms with Crippen molar-refractivity contribution >= 4 is 30.9 Å². The molecule has 6 aromatic rings. The van der Waals surface area contributed by atoms with Crippen molar-refractivity contribution in [3.8, 4) is 5.75 Å². The summed E-state index contributed by atoms with van der Waals surface area (Å²) in [5, 5.41) is 9.15. The summed E-state index contributed by atoms with van der Waals surface area (Å²) in [6.45, 7) is 4.03. The van der Waals surface area contributed by atoms with Gasteiger partial charge in [-0.15, -0.1) is 5.10 Å². The minimum atomic E-state index is -4.04. The van der Waals surface area contributed by atoms with Crippen LogP contribution in [-0.2, 0) is 39.7 Å². The van der Waals surface area contributed by atoms with Crippen LogP contribution in [-0.4, -0.2) is 47.2 Å². The summed E-state index contributed by atoms with van der Waals surface area (Å²) in [6.07, 6.45) is 3.23. The fourth-order valence-electron chi connectivity index (χ4n) is 5.23. The molecule has 10 nitrogen and oxygen atoms in total. The number of rotatable bonds is 11. The van der Waals surface area contributed by atoms with Crippen LogP contribution >= 0.6 is 0 Å². The van der Waals surface area contributed by atoms with Crippen LogP contribution in [0.25, 0.3) is 10.9 Å². The van der Waals surface area contributed by atoms with Gasteiger partial charge in [0.15, 0.2) is 0 Å². The van der Waals surface area contributed by atoms with Crippen molar-refractivity contribution in [2.24, 2.45) is 0 Å². The lowest BCUT2D eigenvalue weighted by molar-refractivity contribution is 0.397. The lowest BCUT2D eigenvalue weighted by atomic mass is 10.2. The van der Waals surface area contributed by atoms with Gasteiger partial charge in [-0.3, -0.25) is 0 Å². The highest BCUT2D eigenvalue weighted by Crippen LogP contribution is 2.29. The fraction of sp³-hybridized carbons (Fsp3) is 0.176. The number of para-hydroxylation sites is 1. The molecule has 0 amide bonds. The number of hydrogen-bond donors (Lipinski definition) is 0. The summed E-state index contributed by atoms with van der Waals surface area (Å²) in [4.78, 5) is 0.266. The number of methoxy groups -OCH3 is 1. The average Bonchev–Trinajstić information content (AvgIpc) is 3.66. The first-order valence-electron chi connectivity index (χ1n) is 14.5. The number of benzene rings is 4. The summed E-state index contributed by atoms with van der Waals surface area (Å²) < 4.78 is 65.3. The first-order chi connectivity index (χ1) is 22.0. The van der Waals surface area contributed by atoms with Crippen molar-refractivity contribution in [2.75, 3.05) is 7.11 Å². The molecular formula is C34H33N5O5S2. The maximum atomic E-state index is 14.1. The predicted octanol–water partition coefficient (Wildman–Crippen LogP) is 5.53. The number of nitrogens with zero attached hydrogens (tertiary/aromatic N) is 5. The van der Waals surface area contributed by atoms with Gasteiger partial charge in [-0.2, -0.15) is 4.31 Å². The van der Waals surface area contributed by atoms with Crippen LogP contribution in [0.2, 0.25) is 0 Å². The predicted molar refractivity (Wildman–Crippen MR) is 175 cm³/mol. The van der Waals surface area contributed by atoms with E-state index in [-0.39, 0.29) is 22.9 Å². The zero-order valence-corrected chi connectivity index (χ0v) is 27.2. The Morgan fingerprint density at radius 1 is 0.739 bits per heavy atom. The molecule has 2 heterocycles. The Balaban J connectivity index is 1.37. The number of sulfonamides is 1. The summed E-state index contributed by atoms with van der Waals surface area (Å²) in [6, 6.07) is 27.9. The molecule has 0 unspecified atom stereocenters. The van der Waals surface area contributed by atoms with E-state index in [1.54, 1.807) is 90.8 Å². The highest BCUT2D eigenvalue weighted by molar-refractivity contribution is 7.90. The standard InChI is InChI=1S/C34H33N5O5S2/c1-25-8-16-31(17-9-25)45(40,41)38(24-29-23-37(36-35-29)20-27-12-14-30(44-3)15-13-27)21-28-22-39(34-7-5-4-6-33(28)34)46(42,43)32-18-10-26(2)11-19-32/h4-19,22-23H,20-21,24H2,1-3H3. The molecule has 0 saturated carbocycles. The van der Waals surface area contributed by atoms with Gasteiger partial charge in [-0.05, 0) is 67.4 Å². The van der Waals surface area contributed by atoms with Gasteiger partial charge in [0.2, 0.25) is 10.0 Å². The lowest BCUT2D eigenvalue weighted by Crippen LogP contribution is -2.30. The largest absolute Gasteiger partial charge is 0.497 e. The van der Waals surface area contributed by atoms with Gasteiger partial charge in [-0.1, -0.05) is 70.9 Å². The van der Waals surface area contributed by atoms with E-state index in [0.29, 0.717) is 28.7 Å². The Bertz CT molecular complexity index is 2210. The second kappa shape index (κ2) is 12.5. The van der Waals surface area contributed by atoms with Crippen LogP contribution in [0.15, 0.2) is 119 Å². The Hall–Kier alpha value is -4.78. The van der Waals surface area contributed by atoms with Gasteiger partial charge in [0, 0.05) is 18.1 Å². The normalized spacial score (nSPS) is 12.2. The third-order valence-electron chi connectivity index (χ3n) is 7.77. The molecule has 0 saturated heterocycles. The molecule has 0 bridgehead atoms. The van der Waals surface area contributed by atoms with E-state index in [4.69, 9.17) is 4.74 Å². The van der Waals surface area contributed by atoms with Gasteiger partial charge in [-0.25, -0.2) is 25.5 Å². The SMILES string of the molecule is COc1ccc(Cn2cc(CN(Cc3cn(S(=O)(=O)c4ccc(C)cc4)c4ccccc34)S(=O)(=O)c3ccc(C)cc3)nn2)cc1. The molecule has 236 valence electrons. The molecule has 0 aliphatic rings. The molecule has 0 aliphatic carbocycles. The molecular weight excluding hydrogens is 623 g/mol. The van der Waals surface area contributed by atoms with Crippen LogP contribution in [0.3, 0.4) is 0 Å². The maximum absolute atomic E-state index is 14.1. The van der Waals surface area contributed by atoms with Crippen LogP contribution in [0.1, 0.15) is 27.9 Å². The van der Waals surface area contributed by atoms with Crippen LogP contribution in [0, 0.1) is 13.8 Å². The van der Waals surface area contributed by atoms with Crippen molar-refractivity contribution in [1.82, 2.24) is 23.3 Å². The minimum absolute atomic E-state index is 0.0803. The van der Waals surface area contributed by atoms with Gasteiger partial charge in [0.05, 0.1) is 47.4 Å². The van der Waals surface area contributed by atoms with Crippen molar-refractivity contribution in [3.63, 3.8) is 0 Å². The molecule has 0 spiro atoms. The van der Waals surface area contributed by atoms with E-state index in [9.17, 15) is 16.8 Å². The molecule has 6 rings (SSSR count). The quantitative estimate of drug-likeness (QED) is 0.180. The Morgan fingerprint density at radius 2 is 1.37 bits per heavy atom. The number of ether oxygens (including phenoxy) is 1. The zero-order valence-electron chi connectivity index (χ0n) is 25.6. The molecule has 2 aromatic heterocycles. The highest BCUT2D eigenvalue weighted by atomic mass is 32.2. The molecule has 12 heteroatoms. The number of hydrogen-bond acceptors (Lipinski definition) is 7. The van der Waals surface area contributed by atoms with Gasteiger partial charge < -0.3 is 4.74 Å². The van der Waals surface area contributed by atoms with Crippen LogP contribution < -0.4 is 4.74 Å². The summed E-state index contributed by atoms with van der Waals surface area (Å²) in [5.41, 5.74) is 4.28. The van der Waals surface area contributed by atoms with E-state index in [1.165, 1.54) is 14.5 Å². The number of aryl methyl sites for hydroxylation is 2. The molecule has 0 fully saturated rings. The number of aromatic nitrogens is 4. The topological polar surface area (TPSA) is 116 Å². The smallest absolute Gasteiger partial charge is 0.268 e. The van der Waals surface area contributed by atoms with E-state index < -0.39 is 20.0 Å². The molecule has 0 aliphatic heterocycles. The monoisotopic (exact) mass is 655 g/mol. The van der Waals surface area contributed by atoms with Crippen molar-refractivity contribution < 1.29 is 21.6 Å². The maximum Gasteiger partial charge on any atom is 0.268 e. The van der Waals surface area contributed by atoms with Gasteiger partial charge >= 0.3 is 0 Å². The Morgan fingerprint density at radius 3 is 2.02 bits per heavy atom. The second-order valence-electron chi connectivity index (χ2n) is 11.1. The summed E-state index contributed by atoms with van der Waals surface area (Å²) in [5.74, 6) is 0.744. The average molecular weight is 656 g/mol. The highest BCUT2D eigenvalue weighted by Gasteiger charge is 2.29. The third kappa shape index (κ3) is 6.32. The Kier molecular flexibility index (Phi) is 8.51. The fourth-order valence-corrected chi connectivity index (χ4v) is 8.01. The van der Waals surface area contributed by atoms with Gasteiger partial charge in [0.1, 0.15) is 5.75 Å². The van der Waals surface area contributed by atoms with E-state index >= 15 is 0 Å². The first-order valence-corrected chi connectivity index (χ1v) is 17.4. The molecule has 0 radical (unpaired) electrons. The number of fused-ring (bicyclic) bond motifs is 1. The van der Waals surface area contributed by atoms with Crippen LogP contribution in [0.4, 0.5) is 0 Å². The zero-order chi connectivity index (χ0) is 32.5. The molecule has 4 aromatic carbocycles. The minimum Gasteiger partial charge on any atom is -0.497 e. The van der Waals surface area contributed by atoms with E-state index in [2.05, 4.69) is 10.3 Å². The Labute approximate surface area is 268 Å². The van der Waals surface area contributed by atoms with Gasteiger partial charge in [0.25, 0.3) is 10.0 Å². The van der Waals surface area contributed by atoms with Crippen molar-refractivity contribution in [3.05, 3.63) is 137 Å². The summed E-state index contributed by atoms with van der Waals surface area (Å²) >= 11 is 0. The summed E-state index contributed by atoms with van der Waals surface area (Å²) in [7, 11) is -6.40. The second-order valence-corrected chi connectivity index (χ2v) is 14.9. The van der Waals surface area contributed by atoms with E-state index in [0.717, 1.165) is 22.4 Å².